The molecule has 0 aliphatic heterocycles. The third-order valence-corrected chi connectivity index (χ3v) is 3.95. The summed E-state index contributed by atoms with van der Waals surface area (Å²) >= 11 is 0. The van der Waals surface area contributed by atoms with Gasteiger partial charge in [-0.25, -0.2) is 8.42 Å². The van der Waals surface area contributed by atoms with Crippen molar-refractivity contribution in [3.63, 3.8) is 0 Å². The minimum atomic E-state index is -3.36. The van der Waals surface area contributed by atoms with Gasteiger partial charge >= 0.3 is 18.9 Å². The third kappa shape index (κ3) is 3.68. The summed E-state index contributed by atoms with van der Waals surface area (Å²) < 4.78 is 24.1. The third-order valence-electron chi connectivity index (χ3n) is 2.44. The monoisotopic (exact) mass is 252 g/mol. The van der Waals surface area contributed by atoms with E-state index < -0.39 is 9.84 Å². The molecule has 2 nitrogen and oxygen atoms in total. The van der Waals surface area contributed by atoms with Crippen LogP contribution >= 0.6 is 0 Å². The molecule has 88 valence electrons. The van der Waals surface area contributed by atoms with Crippen molar-refractivity contribution in [2.45, 2.75) is 11.8 Å². The average molecular weight is 252 g/mol. The molecule has 0 N–H and O–H groups in total. The Morgan fingerprint density at radius 1 is 0.889 bits per heavy atom. The van der Waals surface area contributed by atoms with Crippen LogP contribution < -0.4 is 18.9 Å². The average Bonchev–Trinajstić information content (AvgIpc) is 2.30. The molecule has 2 aromatic rings. The molecule has 2 rings (SSSR count). The predicted octanol–water partition coefficient (Wildman–Crippen LogP) is -0.0172. The first kappa shape index (κ1) is 14.9. The molecular formula is C14H13LiO2S. The maximum Gasteiger partial charge on any atom is 1.00 e. The Bertz CT molecular complexity index is 589. The number of sulfone groups is 1. The SMILES string of the molecule is Cc1ccc(S(=O)(=O)[CH-]c2ccccc2)cc1.[Li+]. The molecule has 18 heavy (non-hydrogen) atoms. The van der Waals surface area contributed by atoms with Crippen molar-refractivity contribution in [1.29, 1.82) is 0 Å². The first-order valence-corrected chi connectivity index (χ1v) is 6.84. The molecule has 0 bridgehead atoms. The van der Waals surface area contributed by atoms with Crippen molar-refractivity contribution in [2.24, 2.45) is 0 Å². The fourth-order valence-electron chi connectivity index (χ4n) is 1.51. The molecule has 0 atom stereocenters. The zero-order valence-electron chi connectivity index (χ0n) is 10.5. The van der Waals surface area contributed by atoms with Crippen molar-refractivity contribution in [3.8, 4) is 0 Å². The van der Waals surface area contributed by atoms with E-state index in [0.717, 1.165) is 5.56 Å². The van der Waals surface area contributed by atoms with E-state index in [-0.39, 0.29) is 18.9 Å². The molecule has 0 amide bonds. The number of hydrogen-bond donors (Lipinski definition) is 0. The summed E-state index contributed by atoms with van der Waals surface area (Å²) in [6.07, 6.45) is 0. The van der Waals surface area contributed by atoms with Crippen LogP contribution in [0.1, 0.15) is 11.1 Å². The van der Waals surface area contributed by atoms with Crippen molar-refractivity contribution < 1.29 is 27.3 Å². The fraction of sp³-hybridized carbons (Fsp3) is 0.0714. The van der Waals surface area contributed by atoms with E-state index in [2.05, 4.69) is 0 Å². The van der Waals surface area contributed by atoms with E-state index in [4.69, 9.17) is 0 Å². The first-order valence-electron chi connectivity index (χ1n) is 5.29. The first-order chi connectivity index (χ1) is 8.08. The summed E-state index contributed by atoms with van der Waals surface area (Å²) in [6, 6.07) is 15.9. The van der Waals surface area contributed by atoms with Gasteiger partial charge in [-0.3, -0.25) is 0 Å². The molecular weight excluding hydrogens is 239 g/mol. The van der Waals surface area contributed by atoms with Crippen molar-refractivity contribution in [2.75, 3.05) is 0 Å². The Kier molecular flexibility index (Phi) is 5.10. The van der Waals surface area contributed by atoms with Crippen LogP contribution in [0.4, 0.5) is 0 Å². The smallest absolute Gasteiger partial charge is 0.232 e. The maximum absolute atomic E-state index is 12.1. The van der Waals surface area contributed by atoms with E-state index in [1.807, 2.05) is 25.1 Å². The zero-order chi connectivity index (χ0) is 12.3. The second kappa shape index (κ2) is 6.15. The summed E-state index contributed by atoms with van der Waals surface area (Å²) in [6.45, 7) is 1.93. The number of rotatable bonds is 3. The van der Waals surface area contributed by atoms with E-state index >= 15 is 0 Å². The quantitative estimate of drug-likeness (QED) is 0.568. The fourth-order valence-corrected chi connectivity index (χ4v) is 2.67. The van der Waals surface area contributed by atoms with Crippen LogP contribution in [0.5, 0.6) is 0 Å². The van der Waals surface area contributed by atoms with Gasteiger partial charge in [-0.15, -0.1) is 12.1 Å². The Morgan fingerprint density at radius 2 is 1.44 bits per heavy atom. The van der Waals surface area contributed by atoms with Crippen LogP contribution in [-0.2, 0) is 9.84 Å². The standard InChI is InChI=1S/C14H13O2S.Li/c1-12-7-9-14(10-8-12)17(15,16)11-13-5-3-2-4-6-13;/h2-11H,1H3;/q-1;+1. The van der Waals surface area contributed by atoms with Crippen LogP contribution in [0.15, 0.2) is 59.5 Å². The molecule has 0 fully saturated rings. The largest absolute Gasteiger partial charge is 1.00 e. The maximum atomic E-state index is 12.1. The second-order valence-corrected chi connectivity index (χ2v) is 5.68. The van der Waals surface area contributed by atoms with Crippen LogP contribution in [0, 0.1) is 12.7 Å². The second-order valence-electron chi connectivity index (χ2n) is 3.89. The van der Waals surface area contributed by atoms with Crippen molar-refractivity contribution in [3.05, 3.63) is 71.5 Å². The van der Waals surface area contributed by atoms with E-state index in [9.17, 15) is 8.42 Å². The minimum absolute atomic E-state index is 0. The molecule has 0 spiro atoms. The Morgan fingerprint density at radius 3 is 2.00 bits per heavy atom. The van der Waals surface area contributed by atoms with E-state index in [0.29, 0.717) is 10.5 Å². The van der Waals surface area contributed by atoms with Gasteiger partial charge in [-0.05, 0) is 19.1 Å². The molecule has 0 saturated heterocycles. The van der Waals surface area contributed by atoms with E-state index in [1.54, 1.807) is 36.4 Å². The Hall–Kier alpha value is -1.14. The summed E-state index contributed by atoms with van der Waals surface area (Å²) in [5, 5.41) is 0. The summed E-state index contributed by atoms with van der Waals surface area (Å²) in [4.78, 5) is 0.326. The minimum Gasteiger partial charge on any atom is -0.232 e. The zero-order valence-corrected chi connectivity index (χ0v) is 11.3. The summed E-state index contributed by atoms with van der Waals surface area (Å²) in [5.74, 6) is 1.29. The number of aryl methyl sites for hydroxylation is 1. The molecule has 0 aromatic heterocycles. The number of hydrogen-bond acceptors (Lipinski definition) is 2. The molecule has 0 radical (unpaired) electrons. The van der Waals surface area contributed by atoms with Gasteiger partial charge in [0.15, 0.2) is 9.84 Å². The number of benzene rings is 2. The van der Waals surface area contributed by atoms with Crippen LogP contribution in [0.25, 0.3) is 0 Å². The molecule has 0 saturated carbocycles. The topological polar surface area (TPSA) is 34.1 Å². The van der Waals surface area contributed by atoms with Gasteiger partial charge in [0.05, 0.1) is 4.90 Å². The molecule has 0 aliphatic rings. The summed E-state index contributed by atoms with van der Waals surface area (Å²) in [7, 11) is -3.36. The van der Waals surface area contributed by atoms with Gasteiger partial charge in [0.25, 0.3) is 0 Å². The van der Waals surface area contributed by atoms with Gasteiger partial charge in [0.2, 0.25) is 0 Å². The Labute approximate surface area is 120 Å². The van der Waals surface area contributed by atoms with Crippen LogP contribution in [0.3, 0.4) is 0 Å². The molecule has 0 unspecified atom stereocenters. The van der Waals surface area contributed by atoms with Crippen LogP contribution in [-0.4, -0.2) is 8.42 Å². The van der Waals surface area contributed by atoms with Gasteiger partial charge < -0.3 is 0 Å². The van der Waals surface area contributed by atoms with E-state index in [1.165, 1.54) is 5.75 Å². The summed E-state index contributed by atoms with van der Waals surface area (Å²) in [5.41, 5.74) is 1.73. The van der Waals surface area contributed by atoms with Crippen molar-refractivity contribution >= 4 is 9.84 Å². The van der Waals surface area contributed by atoms with Crippen LogP contribution in [0.2, 0.25) is 0 Å². The van der Waals surface area contributed by atoms with Gasteiger partial charge in [-0.1, -0.05) is 29.5 Å². The molecule has 0 heterocycles. The predicted molar refractivity (Wildman–Crippen MR) is 68.2 cm³/mol. The molecule has 0 aliphatic carbocycles. The Balaban J connectivity index is 0.00000162. The van der Waals surface area contributed by atoms with Gasteiger partial charge in [0, 0.05) is 0 Å². The molecule has 4 heteroatoms. The van der Waals surface area contributed by atoms with Crippen molar-refractivity contribution in [1.82, 2.24) is 0 Å². The van der Waals surface area contributed by atoms with Gasteiger partial charge in [0.1, 0.15) is 0 Å². The van der Waals surface area contributed by atoms with Gasteiger partial charge in [-0.2, -0.15) is 17.7 Å². The molecule has 2 aromatic carbocycles. The normalized spacial score (nSPS) is 10.5.